The van der Waals surface area contributed by atoms with E-state index in [9.17, 15) is 5.26 Å². The van der Waals surface area contributed by atoms with Crippen LogP contribution in [0.1, 0.15) is 370 Å². The van der Waals surface area contributed by atoms with Gasteiger partial charge in [-0.15, -0.1) is 5.10 Å². The highest BCUT2D eigenvalue weighted by Gasteiger charge is 2.31. The fraction of sp³-hybridized carbons (Fsp3) is 0.689. The molecule has 0 unspecified atom stereocenters. The molecule has 5 aromatic carbocycles. The molecule has 14 nitrogen and oxygen atoms in total. The molecular weight excluding hydrogens is 1490 g/mol. The molecule has 19 aliphatic rings. The van der Waals surface area contributed by atoms with Gasteiger partial charge < -0.3 is 47.4 Å². The van der Waals surface area contributed by atoms with Crippen molar-refractivity contribution in [3.05, 3.63) is 128 Å². The van der Waals surface area contributed by atoms with E-state index in [1.807, 2.05) is 10.9 Å². The summed E-state index contributed by atoms with van der Waals surface area (Å²) in [6, 6.07) is 26.2. The number of hydrogen-bond donors (Lipinski definition) is 0. The lowest BCUT2D eigenvalue weighted by Crippen LogP contribution is -2.18. The van der Waals surface area contributed by atoms with E-state index in [-0.39, 0.29) is 6.61 Å². The summed E-state index contributed by atoms with van der Waals surface area (Å²) in [4.78, 5) is 0. The van der Waals surface area contributed by atoms with Crippen molar-refractivity contribution >= 4 is 0 Å². The van der Waals surface area contributed by atoms with Gasteiger partial charge in [0, 0.05) is 101 Å². The molecule has 652 valence electrons. The second-order valence-electron chi connectivity index (χ2n) is 39.4. The summed E-state index contributed by atoms with van der Waals surface area (Å²) in [6.45, 7) is 6.90. The highest BCUT2D eigenvalue weighted by atomic mass is 16.5. The van der Waals surface area contributed by atoms with Crippen molar-refractivity contribution in [1.82, 2.24) is 15.0 Å². The molecule has 0 aliphatic heterocycles. The molecule has 14 heteroatoms. The van der Waals surface area contributed by atoms with Crippen LogP contribution in [0.5, 0.6) is 57.5 Å². The predicted molar refractivity (Wildman–Crippen MR) is 479 cm³/mol. The van der Waals surface area contributed by atoms with E-state index in [0.717, 1.165) is 132 Å². The molecule has 0 amide bonds. The third-order valence-corrected chi connectivity index (χ3v) is 29.8. The number of nitriles is 1. The number of aryl methyl sites for hydroxylation is 1. The van der Waals surface area contributed by atoms with Crippen molar-refractivity contribution in [3.8, 4) is 63.6 Å². The summed E-state index contributed by atoms with van der Waals surface area (Å²) in [6.07, 6.45) is 62.2. The summed E-state index contributed by atoms with van der Waals surface area (Å²) >= 11 is 0. The van der Waals surface area contributed by atoms with E-state index in [4.69, 9.17) is 52.5 Å². The Morgan fingerprint density at radius 1 is 0.250 bits per heavy atom. The van der Waals surface area contributed by atoms with Crippen molar-refractivity contribution in [3.63, 3.8) is 0 Å². The van der Waals surface area contributed by atoms with Crippen LogP contribution in [0, 0.1) is 64.6 Å². The topological polar surface area (TPSA) is 147 Å². The number of ether oxygens (including phenoxy) is 10. The standard InChI is InChI=1S/C106H148N4O10/c107-49-29-10-30-50-110-66-96(108-109-110)76-120-106-65-94-54-92-62-101(115-71-81-39-19-5-20-40-81)90(60-102(92)116-72-82-41-21-6-22-42-82)52-88-58-97(111-67-77-31-11-1-12-32-77)86(56-98(88)112-68-78-33-13-2-14-34-78)51-87-57-100(114-70-80-37-17-4-18-38-80)89(59-99(87)113-69-79-35-15-3-16-36-79)53-91-61-104(118-74-84-45-25-8-26-46-84)93(63-103(91)117-73-83-43-23-7-24-44-83)55-95(106)64-105(94)119-75-85-47-27-9-28-48-85/h56-66,77-85H,1-48,50-55,67-76H2. The minimum absolute atomic E-state index is 0.215. The maximum Gasteiger partial charge on any atom is 0.134 e. The molecule has 0 spiro atoms. The predicted octanol–water partition coefficient (Wildman–Crippen LogP) is 26.5. The smallest absolute Gasteiger partial charge is 0.134 e. The summed E-state index contributed by atoms with van der Waals surface area (Å²) in [5.74, 6) is 13.3. The molecule has 1 aromatic heterocycles. The quantitative estimate of drug-likeness (QED) is 0.0353. The average molecular weight is 1640 g/mol. The monoisotopic (exact) mass is 1640 g/mol. The number of rotatable bonds is 34. The largest absolute Gasteiger partial charge is 0.493 e. The van der Waals surface area contributed by atoms with E-state index in [1.54, 1.807) is 0 Å². The minimum atomic E-state index is 0.215. The number of unbranched alkanes of at least 4 members (excludes halogenated alkanes) is 2. The van der Waals surface area contributed by atoms with E-state index in [2.05, 4.69) is 71.9 Å². The maximum absolute atomic E-state index is 9.43. The van der Waals surface area contributed by atoms with Gasteiger partial charge in [0.2, 0.25) is 0 Å². The molecule has 120 heavy (non-hydrogen) atoms. The lowest BCUT2D eigenvalue weighted by Gasteiger charge is -2.27. The first kappa shape index (κ1) is 86.3. The van der Waals surface area contributed by atoms with Gasteiger partial charge in [0.1, 0.15) is 69.8 Å². The van der Waals surface area contributed by atoms with Crippen molar-refractivity contribution in [2.75, 3.05) is 59.5 Å². The van der Waals surface area contributed by atoms with E-state index >= 15 is 0 Å². The van der Waals surface area contributed by atoms with E-state index in [0.29, 0.717) is 158 Å². The van der Waals surface area contributed by atoms with Gasteiger partial charge in [-0.2, -0.15) is 5.26 Å². The van der Waals surface area contributed by atoms with Crippen LogP contribution in [0.2, 0.25) is 0 Å². The first-order chi connectivity index (χ1) is 59.3. The van der Waals surface area contributed by atoms with Crippen molar-refractivity contribution < 1.29 is 47.4 Å². The molecule has 1 heterocycles. The van der Waals surface area contributed by atoms with Gasteiger partial charge in [0.25, 0.3) is 0 Å². The highest BCUT2D eigenvalue weighted by molar-refractivity contribution is 5.60. The molecule has 0 saturated heterocycles. The molecular formula is C106H148N4O10. The SMILES string of the molecule is N#CCCCCn1cc(COc2cc3c(OCC4CCCCC4)cc2Cc2cc(OCC4CCCCC4)c(cc2OCC2CCCCC2)Cc2cc(OCC4CCCCC4)c(cc2OCC2CCCCC2)Cc2cc(OCC4CCCCC4)c(cc2OCC2CCCCC2)Cc2cc(OCC4CCCCC4)c(cc2OCC2CCCCC2)C3)nn1. The Labute approximate surface area is 721 Å². The van der Waals surface area contributed by atoms with Gasteiger partial charge in [-0.3, -0.25) is 4.68 Å². The molecule has 10 bridgehead atoms. The van der Waals surface area contributed by atoms with Crippen LogP contribution in [0.25, 0.3) is 0 Å². The molecule has 6 aromatic rings. The summed E-state index contributed by atoms with van der Waals surface area (Å²) in [5, 5.41) is 18.8. The maximum atomic E-state index is 9.43. The Kier molecular flexibility index (Phi) is 32.6. The van der Waals surface area contributed by atoms with Crippen molar-refractivity contribution in [2.45, 2.75) is 353 Å². The molecule has 0 N–H and O–H groups in total. The Morgan fingerprint density at radius 2 is 0.433 bits per heavy atom. The fourth-order valence-electron chi connectivity index (χ4n) is 22.2. The highest BCUT2D eigenvalue weighted by Crippen LogP contribution is 2.47. The molecule has 19 aliphatic carbocycles. The molecule has 0 atom stereocenters. The Morgan fingerprint density at radius 3 is 0.617 bits per heavy atom. The van der Waals surface area contributed by atoms with Crippen LogP contribution in [-0.4, -0.2) is 74.5 Å². The van der Waals surface area contributed by atoms with Crippen LogP contribution in [0.4, 0.5) is 0 Å². The Hall–Kier alpha value is -7.27. The van der Waals surface area contributed by atoms with Gasteiger partial charge in [0.05, 0.1) is 71.7 Å². The van der Waals surface area contributed by atoms with Crippen molar-refractivity contribution in [1.29, 1.82) is 5.26 Å². The van der Waals surface area contributed by atoms with Gasteiger partial charge in [-0.1, -0.05) is 179 Å². The summed E-state index contributed by atoms with van der Waals surface area (Å²) < 4.78 is 77.3. The van der Waals surface area contributed by atoms with Gasteiger partial charge in [-0.25, -0.2) is 0 Å². The molecule has 9 fully saturated rings. The van der Waals surface area contributed by atoms with Crippen LogP contribution >= 0.6 is 0 Å². The van der Waals surface area contributed by atoms with Crippen LogP contribution in [-0.2, 0) is 45.3 Å². The lowest BCUT2D eigenvalue weighted by atomic mass is 9.89. The zero-order valence-corrected chi connectivity index (χ0v) is 73.7. The summed E-state index contributed by atoms with van der Waals surface area (Å²) in [5.41, 5.74) is 11.7. The Balaban J connectivity index is 0.918. The second kappa shape index (κ2) is 45.4. The third kappa shape index (κ3) is 25.3. The number of hydrogen-bond acceptors (Lipinski definition) is 13. The lowest BCUT2D eigenvalue weighted by molar-refractivity contribution is 0.200. The van der Waals surface area contributed by atoms with Gasteiger partial charge in [0.15, 0.2) is 0 Å². The van der Waals surface area contributed by atoms with Gasteiger partial charge >= 0.3 is 0 Å². The van der Waals surface area contributed by atoms with Crippen molar-refractivity contribution in [2.24, 2.45) is 53.3 Å². The van der Waals surface area contributed by atoms with E-state index in [1.165, 1.54) is 289 Å². The Bertz CT molecular complexity index is 4120. The third-order valence-electron chi connectivity index (χ3n) is 29.8. The zero-order valence-electron chi connectivity index (χ0n) is 73.7. The van der Waals surface area contributed by atoms with Crippen LogP contribution in [0.3, 0.4) is 0 Å². The molecule has 25 rings (SSSR count). The average Bonchev–Trinajstić information content (AvgIpc) is 1.09. The van der Waals surface area contributed by atoms with E-state index < -0.39 is 0 Å². The minimum Gasteiger partial charge on any atom is -0.493 e. The van der Waals surface area contributed by atoms with Crippen LogP contribution in [0.15, 0.2) is 66.9 Å². The van der Waals surface area contributed by atoms with Crippen LogP contribution < -0.4 is 47.4 Å². The fourth-order valence-corrected chi connectivity index (χ4v) is 22.2. The normalized spacial score (nSPS) is 20.3. The first-order valence-corrected chi connectivity index (χ1v) is 49.7. The number of aromatic nitrogens is 3. The number of benzene rings is 5. The summed E-state index contributed by atoms with van der Waals surface area (Å²) in [7, 11) is 0. The second-order valence-corrected chi connectivity index (χ2v) is 39.4. The molecule has 9 saturated carbocycles. The molecule has 0 radical (unpaired) electrons. The number of nitrogens with zero attached hydrogens (tertiary/aromatic N) is 4. The zero-order chi connectivity index (χ0) is 81.1. The van der Waals surface area contributed by atoms with Gasteiger partial charge in [-0.05, 0) is 242 Å². The first-order valence-electron chi connectivity index (χ1n) is 49.7.